The number of halogens is 2. The van der Waals surface area contributed by atoms with Gasteiger partial charge in [-0.05, 0) is 77.0 Å². The van der Waals surface area contributed by atoms with Crippen LogP contribution in [0.25, 0.3) is 16.9 Å². The molecule has 0 spiro atoms. The second-order valence-corrected chi connectivity index (χ2v) is 15.7. The van der Waals surface area contributed by atoms with Crippen LogP contribution in [-0.2, 0) is 16.1 Å². The minimum Gasteiger partial charge on any atom is -0.434 e. The summed E-state index contributed by atoms with van der Waals surface area (Å²) in [7, 11) is 6.00. The molecule has 1 saturated carbocycles. The van der Waals surface area contributed by atoms with Crippen LogP contribution in [0, 0.1) is 5.92 Å². The van der Waals surface area contributed by atoms with Crippen LogP contribution >= 0.6 is 11.8 Å². The van der Waals surface area contributed by atoms with Crippen molar-refractivity contribution >= 4 is 41.2 Å². The van der Waals surface area contributed by atoms with Crippen molar-refractivity contribution in [3.05, 3.63) is 54.6 Å². The monoisotopic (exact) mass is 766 g/mol. The lowest BCUT2D eigenvalue weighted by molar-refractivity contribution is -0.133. The van der Waals surface area contributed by atoms with E-state index < -0.39 is 12.5 Å². The van der Waals surface area contributed by atoms with Crippen molar-refractivity contribution in [1.82, 2.24) is 44.0 Å². The molecule has 54 heavy (non-hydrogen) atoms. The molecule has 1 aromatic carbocycles. The van der Waals surface area contributed by atoms with E-state index in [1.807, 2.05) is 30.9 Å². The lowest BCUT2D eigenvalue weighted by Gasteiger charge is -2.38. The van der Waals surface area contributed by atoms with Crippen molar-refractivity contribution in [2.45, 2.75) is 49.0 Å². The summed E-state index contributed by atoms with van der Waals surface area (Å²) >= 11 is 1.65. The first-order valence-electron chi connectivity index (χ1n) is 18.3. The molecule has 290 valence electrons. The van der Waals surface area contributed by atoms with Gasteiger partial charge in [-0.3, -0.25) is 19.2 Å². The van der Waals surface area contributed by atoms with E-state index in [-0.39, 0.29) is 40.7 Å². The van der Waals surface area contributed by atoms with Crippen molar-refractivity contribution in [3.8, 4) is 17.0 Å². The third kappa shape index (κ3) is 10.6. The van der Waals surface area contributed by atoms with Crippen molar-refractivity contribution in [1.29, 1.82) is 0 Å². The number of hydrogen-bond acceptors (Lipinski definition) is 11. The number of aldehydes is 1. The van der Waals surface area contributed by atoms with Crippen molar-refractivity contribution in [2.75, 3.05) is 78.8 Å². The molecular formula is C37H48F2N10O4S. The fourth-order valence-electron chi connectivity index (χ4n) is 6.54. The Bertz CT molecular complexity index is 1880. The molecule has 0 atom stereocenters. The maximum Gasteiger partial charge on any atom is 0.387 e. The summed E-state index contributed by atoms with van der Waals surface area (Å²) in [6, 6.07) is 6.67. The van der Waals surface area contributed by atoms with E-state index in [1.165, 1.54) is 21.5 Å². The summed E-state index contributed by atoms with van der Waals surface area (Å²) in [5.74, 6) is -0.236. The first-order chi connectivity index (χ1) is 26.1. The predicted molar refractivity (Wildman–Crippen MR) is 202 cm³/mol. The number of nitrogens with one attached hydrogen (secondary N) is 1. The summed E-state index contributed by atoms with van der Waals surface area (Å²) in [5.41, 5.74) is 1.29. The quantitative estimate of drug-likeness (QED) is 0.199. The second kappa shape index (κ2) is 18.3. The Balaban J connectivity index is 0.00000119. The molecule has 0 bridgehead atoms. The summed E-state index contributed by atoms with van der Waals surface area (Å²) in [6.07, 6.45) is 11.1. The SMILES string of the molecule is CN(C)C.O=CCN1CCN(CC2CCN(C(=O)Cn3cc(NC(=O)c4cnn5cccnc45)c(-c4cc(SC5CC5)ccc4OC(F)F)n3)CC2)CC1. The van der Waals surface area contributed by atoms with Gasteiger partial charge in [0.25, 0.3) is 5.91 Å². The normalized spacial score (nSPS) is 17.1. The second-order valence-electron chi connectivity index (χ2n) is 14.3. The topological polar surface area (TPSA) is 133 Å². The molecule has 0 radical (unpaired) electrons. The van der Waals surface area contributed by atoms with Gasteiger partial charge < -0.3 is 29.5 Å². The third-order valence-electron chi connectivity index (χ3n) is 9.36. The molecule has 0 unspecified atom stereocenters. The fourth-order valence-corrected chi connectivity index (χ4v) is 7.63. The Morgan fingerprint density at radius 1 is 1.06 bits per heavy atom. The Labute approximate surface area is 317 Å². The van der Waals surface area contributed by atoms with Gasteiger partial charge in [-0.1, -0.05) is 0 Å². The summed E-state index contributed by atoms with van der Waals surface area (Å²) < 4.78 is 35.0. The van der Waals surface area contributed by atoms with Crippen LogP contribution in [0.5, 0.6) is 5.75 Å². The first kappa shape index (κ1) is 39.2. The number of alkyl halides is 2. The molecule has 3 aromatic heterocycles. The Hall–Kier alpha value is -4.45. The van der Waals surface area contributed by atoms with Gasteiger partial charge in [0.15, 0.2) is 5.65 Å². The molecule has 17 heteroatoms. The van der Waals surface area contributed by atoms with Crippen LogP contribution in [0.2, 0.25) is 0 Å². The molecule has 2 saturated heterocycles. The van der Waals surface area contributed by atoms with Crippen LogP contribution in [0.15, 0.2) is 53.9 Å². The molecule has 7 rings (SSSR count). The predicted octanol–water partition coefficient (Wildman–Crippen LogP) is 3.93. The number of rotatable bonds is 13. The summed E-state index contributed by atoms with van der Waals surface area (Å²) in [4.78, 5) is 51.5. The molecule has 14 nitrogen and oxygen atoms in total. The van der Waals surface area contributed by atoms with Crippen molar-refractivity contribution in [2.24, 2.45) is 5.92 Å². The average molecular weight is 767 g/mol. The fraction of sp³-hybridized carbons (Fsp3) is 0.514. The van der Waals surface area contributed by atoms with E-state index in [9.17, 15) is 23.2 Å². The Morgan fingerprint density at radius 2 is 1.78 bits per heavy atom. The number of thioether (sulfide) groups is 1. The third-order valence-corrected chi connectivity index (χ3v) is 10.7. The highest BCUT2D eigenvalue weighted by molar-refractivity contribution is 8.00. The zero-order valence-corrected chi connectivity index (χ0v) is 31.8. The van der Waals surface area contributed by atoms with Gasteiger partial charge in [-0.2, -0.15) is 19.0 Å². The number of benzene rings is 1. The molecule has 1 N–H and O–H groups in total. The Kier molecular flexibility index (Phi) is 13.3. The molecule has 5 heterocycles. The lowest BCUT2D eigenvalue weighted by atomic mass is 9.96. The van der Waals surface area contributed by atoms with Gasteiger partial charge in [0.1, 0.15) is 29.8 Å². The minimum absolute atomic E-state index is 0.0860. The van der Waals surface area contributed by atoms with E-state index >= 15 is 0 Å². The van der Waals surface area contributed by atoms with E-state index in [1.54, 1.807) is 48.6 Å². The number of carbonyl (C=O) groups excluding carboxylic acids is 3. The van der Waals surface area contributed by atoms with Crippen LogP contribution in [0.3, 0.4) is 0 Å². The number of anilines is 1. The van der Waals surface area contributed by atoms with Gasteiger partial charge in [0, 0.05) is 80.1 Å². The molecule has 3 aliphatic rings. The van der Waals surface area contributed by atoms with E-state index in [2.05, 4.69) is 30.3 Å². The van der Waals surface area contributed by atoms with Gasteiger partial charge in [-0.15, -0.1) is 11.8 Å². The number of piperazine rings is 1. The number of ether oxygens (including phenoxy) is 1. The standard InChI is InChI=1S/C34H39F2N9O4S.C3H9N/c35-34(36)49-29-5-4-25(50-24-2-3-24)18-26(29)31-28(39-33(48)27-19-38-45-9-1-8-37-32(27)45)21-44(40-31)22-30(47)43-10-6-23(7-11-43)20-42-14-12-41(13-15-42)16-17-46;1-4(2)3/h1,4-5,8-9,17-19,21,23-24,34H,2-3,6-7,10-16,20,22H2,(H,39,48);1-3H3. The summed E-state index contributed by atoms with van der Waals surface area (Å²) in [6.45, 7) is 3.20. The lowest BCUT2D eigenvalue weighted by Crippen LogP contribution is -2.49. The highest BCUT2D eigenvalue weighted by Gasteiger charge is 2.28. The molecule has 2 aliphatic heterocycles. The van der Waals surface area contributed by atoms with Gasteiger partial charge in [0.2, 0.25) is 5.91 Å². The largest absolute Gasteiger partial charge is 0.434 e. The maximum absolute atomic E-state index is 13.6. The van der Waals surface area contributed by atoms with Crippen molar-refractivity contribution in [3.63, 3.8) is 0 Å². The first-order valence-corrected chi connectivity index (χ1v) is 19.1. The van der Waals surface area contributed by atoms with E-state index in [0.717, 1.165) is 69.6 Å². The number of nitrogens with zero attached hydrogens (tertiary/aromatic N) is 9. The van der Waals surface area contributed by atoms with Crippen LogP contribution in [-0.4, -0.2) is 147 Å². The molecule has 2 amide bonds. The zero-order valence-electron chi connectivity index (χ0n) is 30.9. The zero-order chi connectivity index (χ0) is 38.2. The number of hydrogen-bond donors (Lipinski definition) is 1. The van der Waals surface area contributed by atoms with E-state index in [0.29, 0.717) is 36.4 Å². The number of aromatic nitrogens is 5. The highest BCUT2D eigenvalue weighted by Crippen LogP contribution is 2.43. The Morgan fingerprint density at radius 3 is 2.46 bits per heavy atom. The molecular weight excluding hydrogens is 719 g/mol. The van der Waals surface area contributed by atoms with Crippen LogP contribution in [0.1, 0.15) is 36.0 Å². The van der Waals surface area contributed by atoms with Gasteiger partial charge in [0.05, 0.1) is 18.4 Å². The van der Waals surface area contributed by atoms with Crippen LogP contribution < -0.4 is 10.1 Å². The minimum atomic E-state index is -3.07. The molecule has 1 aliphatic carbocycles. The number of likely N-dealkylation sites (tertiary alicyclic amines) is 1. The van der Waals surface area contributed by atoms with Crippen LogP contribution in [0.4, 0.5) is 14.5 Å². The maximum atomic E-state index is 13.6. The number of fused-ring (bicyclic) bond motifs is 1. The highest BCUT2D eigenvalue weighted by atomic mass is 32.2. The van der Waals surface area contributed by atoms with E-state index in [4.69, 9.17) is 4.74 Å². The smallest absolute Gasteiger partial charge is 0.387 e. The molecule has 3 fully saturated rings. The van der Waals surface area contributed by atoms with Crippen molar-refractivity contribution < 1.29 is 27.9 Å². The number of amides is 2. The van der Waals surface area contributed by atoms with Gasteiger partial charge >= 0.3 is 6.61 Å². The van der Waals surface area contributed by atoms with Gasteiger partial charge in [-0.25, -0.2) is 9.50 Å². The summed E-state index contributed by atoms with van der Waals surface area (Å²) in [5, 5.41) is 12.2. The number of carbonyl (C=O) groups is 3. The average Bonchev–Trinajstić information content (AvgIpc) is 3.71. The number of piperidine rings is 1. The molecule has 4 aromatic rings.